The minimum absolute atomic E-state index is 0.380. The Kier molecular flexibility index (Phi) is 5.60. The van der Waals surface area contributed by atoms with Crippen LogP contribution in [0.5, 0.6) is 0 Å². The van der Waals surface area contributed by atoms with Crippen LogP contribution in [0.3, 0.4) is 0 Å². The van der Waals surface area contributed by atoms with E-state index in [0.29, 0.717) is 0 Å². The van der Waals surface area contributed by atoms with Gasteiger partial charge in [0.05, 0.1) is 0 Å². The third-order valence-corrected chi connectivity index (χ3v) is 9.87. The lowest BCUT2D eigenvalue weighted by Gasteiger charge is -2.23. The topological polar surface area (TPSA) is 9.23 Å². The van der Waals surface area contributed by atoms with Crippen molar-refractivity contribution in [3.05, 3.63) is 35.9 Å². The summed E-state index contributed by atoms with van der Waals surface area (Å²) >= 11 is 6.59. The second kappa shape index (κ2) is 6.48. The van der Waals surface area contributed by atoms with Gasteiger partial charge >= 0.3 is 0 Å². The molecular weight excluding hydrogens is 240 g/mol. The normalized spacial score (nSPS) is 15.7. The zero-order valence-corrected chi connectivity index (χ0v) is 12.7. The molecule has 1 nitrogen and oxygen atoms in total. The van der Waals surface area contributed by atoms with Gasteiger partial charge in [0.1, 0.15) is 9.76 Å². The van der Waals surface area contributed by atoms with Crippen molar-refractivity contribution in [1.82, 2.24) is 0 Å². The molecule has 1 atom stereocenters. The molecular formula is C11H19ClOSi2. The lowest BCUT2D eigenvalue weighted by atomic mass is 10.2. The Labute approximate surface area is 101 Å². The van der Waals surface area contributed by atoms with Gasteiger partial charge in [-0.25, -0.2) is 0 Å². The van der Waals surface area contributed by atoms with Crippen molar-refractivity contribution < 1.29 is 4.12 Å². The maximum atomic E-state index is 6.59. The van der Waals surface area contributed by atoms with E-state index in [0.717, 1.165) is 12.1 Å². The van der Waals surface area contributed by atoms with E-state index in [1.54, 1.807) is 0 Å². The minimum Gasteiger partial charge on any atom is -0.450 e. The molecule has 1 rings (SSSR count). The highest BCUT2D eigenvalue weighted by molar-refractivity contribution is 7.17. The Morgan fingerprint density at radius 2 is 1.93 bits per heavy atom. The van der Waals surface area contributed by atoms with Gasteiger partial charge in [0, 0.05) is 6.04 Å². The van der Waals surface area contributed by atoms with Crippen LogP contribution in [0.15, 0.2) is 30.3 Å². The zero-order valence-electron chi connectivity index (χ0n) is 9.50. The molecule has 0 aliphatic rings. The van der Waals surface area contributed by atoms with Crippen molar-refractivity contribution in [3.63, 3.8) is 0 Å². The number of hydrogen-bond donors (Lipinski definition) is 0. The summed E-state index contributed by atoms with van der Waals surface area (Å²) in [5.41, 5.74) is 1.31. The maximum Gasteiger partial charge on any atom is 0.283 e. The SMILES string of the molecule is CC[SiH2]O[Si](Cl)(CC)Cc1ccccc1. The Morgan fingerprint density at radius 3 is 2.47 bits per heavy atom. The average molecular weight is 259 g/mol. The molecule has 0 aromatic heterocycles. The zero-order chi connectivity index (χ0) is 11.1. The van der Waals surface area contributed by atoms with E-state index < -0.39 is 7.63 Å². The molecule has 15 heavy (non-hydrogen) atoms. The minimum atomic E-state index is -1.95. The molecule has 1 unspecified atom stereocenters. The van der Waals surface area contributed by atoms with Crippen LogP contribution < -0.4 is 0 Å². The molecule has 0 fully saturated rings. The van der Waals surface area contributed by atoms with Crippen LogP contribution in [-0.4, -0.2) is 17.4 Å². The molecule has 1 aromatic carbocycles. The first-order valence-corrected chi connectivity index (χ1v) is 10.5. The van der Waals surface area contributed by atoms with Crippen LogP contribution in [0.1, 0.15) is 19.4 Å². The fourth-order valence-corrected chi connectivity index (χ4v) is 7.22. The molecule has 0 aliphatic carbocycles. The van der Waals surface area contributed by atoms with Crippen LogP contribution in [0.2, 0.25) is 12.1 Å². The van der Waals surface area contributed by atoms with Crippen molar-refractivity contribution in [1.29, 1.82) is 0 Å². The first kappa shape index (κ1) is 13.0. The standard InChI is InChI=1S/C11H19ClOSi2/c1-3-14-13-15(12,4-2)10-11-8-6-5-7-9-11/h5-9H,3-4,10,14H2,1-2H3. The van der Waals surface area contributed by atoms with Gasteiger partial charge in [-0.1, -0.05) is 44.2 Å². The molecule has 0 spiro atoms. The number of rotatable bonds is 6. The van der Waals surface area contributed by atoms with Gasteiger partial charge in [0.2, 0.25) is 0 Å². The van der Waals surface area contributed by atoms with Crippen LogP contribution in [0, 0.1) is 0 Å². The largest absolute Gasteiger partial charge is 0.450 e. The first-order chi connectivity index (χ1) is 7.20. The smallest absolute Gasteiger partial charge is 0.283 e. The van der Waals surface area contributed by atoms with E-state index in [9.17, 15) is 0 Å². The van der Waals surface area contributed by atoms with E-state index in [4.69, 9.17) is 15.2 Å². The summed E-state index contributed by atoms with van der Waals surface area (Å²) in [5.74, 6) is 0. The van der Waals surface area contributed by atoms with Crippen LogP contribution in [0.4, 0.5) is 0 Å². The van der Waals surface area contributed by atoms with Gasteiger partial charge in [0.15, 0.2) is 0 Å². The van der Waals surface area contributed by atoms with Crippen molar-refractivity contribution in [3.8, 4) is 0 Å². The summed E-state index contributed by atoms with van der Waals surface area (Å²) in [7, 11) is -2.33. The van der Waals surface area contributed by atoms with Gasteiger partial charge in [-0.3, -0.25) is 0 Å². The molecule has 0 aliphatic heterocycles. The van der Waals surface area contributed by atoms with Crippen molar-refractivity contribution in [2.75, 3.05) is 0 Å². The summed E-state index contributed by atoms with van der Waals surface area (Å²) in [5, 5.41) is 0. The van der Waals surface area contributed by atoms with Gasteiger partial charge in [-0.2, -0.15) is 0 Å². The quantitative estimate of drug-likeness (QED) is 0.563. The molecule has 0 saturated carbocycles. The summed E-state index contributed by atoms with van der Waals surface area (Å²) in [6, 6.07) is 13.6. The van der Waals surface area contributed by atoms with E-state index in [-0.39, 0.29) is 9.76 Å². The summed E-state index contributed by atoms with van der Waals surface area (Å²) in [6.45, 7) is 4.32. The molecule has 0 N–H and O–H groups in total. The molecule has 1 aromatic rings. The Balaban J connectivity index is 2.59. The number of hydrogen-bond acceptors (Lipinski definition) is 1. The van der Waals surface area contributed by atoms with Gasteiger partial charge in [-0.15, -0.1) is 11.1 Å². The average Bonchev–Trinajstić information content (AvgIpc) is 2.28. The predicted molar refractivity (Wildman–Crippen MR) is 72.3 cm³/mol. The van der Waals surface area contributed by atoms with E-state index in [1.165, 1.54) is 11.6 Å². The molecule has 0 amide bonds. The molecule has 84 valence electrons. The van der Waals surface area contributed by atoms with Crippen molar-refractivity contribution in [2.24, 2.45) is 0 Å². The van der Waals surface area contributed by atoms with Crippen LogP contribution >= 0.6 is 11.1 Å². The summed E-state index contributed by atoms with van der Waals surface area (Å²) in [6.07, 6.45) is 0. The summed E-state index contributed by atoms with van der Waals surface area (Å²) < 4.78 is 5.98. The molecule has 4 heteroatoms. The highest BCUT2D eigenvalue weighted by Crippen LogP contribution is 2.21. The highest BCUT2D eigenvalue weighted by atomic mass is 35.6. The fourth-order valence-electron chi connectivity index (χ4n) is 1.46. The van der Waals surface area contributed by atoms with Crippen LogP contribution in [0.25, 0.3) is 0 Å². The Bertz CT molecular complexity index is 281. The van der Waals surface area contributed by atoms with E-state index in [1.807, 2.05) is 6.07 Å². The lowest BCUT2D eigenvalue weighted by molar-refractivity contribution is 0.592. The summed E-state index contributed by atoms with van der Waals surface area (Å²) in [4.78, 5) is 0. The van der Waals surface area contributed by atoms with Gasteiger partial charge < -0.3 is 4.12 Å². The van der Waals surface area contributed by atoms with E-state index >= 15 is 0 Å². The highest BCUT2D eigenvalue weighted by Gasteiger charge is 2.30. The van der Waals surface area contributed by atoms with Crippen LogP contribution in [-0.2, 0) is 10.2 Å². The van der Waals surface area contributed by atoms with Gasteiger partial charge in [0.25, 0.3) is 7.63 Å². The third-order valence-electron chi connectivity index (χ3n) is 2.40. The Hall–Kier alpha value is -0.0962. The predicted octanol–water partition coefficient (Wildman–Crippen LogP) is 3.01. The third kappa shape index (κ3) is 4.51. The Morgan fingerprint density at radius 1 is 1.27 bits per heavy atom. The molecule has 0 heterocycles. The van der Waals surface area contributed by atoms with Crippen molar-refractivity contribution >= 4 is 28.5 Å². The molecule has 0 radical (unpaired) electrons. The second-order valence-electron chi connectivity index (χ2n) is 3.75. The first-order valence-electron chi connectivity index (χ1n) is 5.57. The maximum absolute atomic E-state index is 6.59. The molecule has 0 bridgehead atoms. The number of halogens is 1. The molecule has 0 saturated heterocycles. The fraction of sp³-hybridized carbons (Fsp3) is 0.455. The van der Waals surface area contributed by atoms with Gasteiger partial charge in [-0.05, 0) is 17.7 Å². The second-order valence-corrected chi connectivity index (χ2v) is 11.2. The monoisotopic (exact) mass is 258 g/mol. The van der Waals surface area contributed by atoms with Crippen molar-refractivity contribution in [2.45, 2.75) is 32.0 Å². The van der Waals surface area contributed by atoms with E-state index in [2.05, 4.69) is 38.1 Å². The lowest BCUT2D eigenvalue weighted by Crippen LogP contribution is -2.35. The number of benzene rings is 1.